The highest BCUT2D eigenvalue weighted by Gasteiger charge is 2.37. The Morgan fingerprint density at radius 2 is 1.76 bits per heavy atom. The van der Waals surface area contributed by atoms with Gasteiger partial charge in [-0.25, -0.2) is 4.79 Å². The number of carbonyl (C=O) groups excluding carboxylic acids is 4. The van der Waals surface area contributed by atoms with E-state index in [1.165, 1.54) is 0 Å². The van der Waals surface area contributed by atoms with Gasteiger partial charge in [-0.3, -0.25) is 14.4 Å². The third-order valence-corrected chi connectivity index (χ3v) is 4.70. The van der Waals surface area contributed by atoms with E-state index in [2.05, 4.69) is 10.6 Å². The van der Waals surface area contributed by atoms with Gasteiger partial charge in [0, 0.05) is 6.04 Å². The fraction of sp³-hybridized carbons (Fsp3) is 0.542. The molecule has 10 nitrogen and oxygen atoms in total. The van der Waals surface area contributed by atoms with Crippen LogP contribution in [0.15, 0.2) is 30.3 Å². The number of carbonyl (C=O) groups is 4. The Morgan fingerprint density at radius 1 is 1.15 bits per heavy atom. The molecule has 0 saturated carbocycles. The molecule has 0 aliphatic rings. The minimum absolute atomic E-state index is 0.163. The smallest absolute Gasteiger partial charge is 0.408 e. The number of nitrogens with zero attached hydrogens (tertiary/aromatic N) is 2. The van der Waals surface area contributed by atoms with Gasteiger partial charge in [-0.1, -0.05) is 43.7 Å². The van der Waals surface area contributed by atoms with E-state index >= 15 is 0 Å². The molecule has 0 saturated heterocycles. The van der Waals surface area contributed by atoms with Crippen LogP contribution < -0.4 is 16.4 Å². The molecule has 10 heteroatoms. The van der Waals surface area contributed by atoms with Crippen LogP contribution in [0.3, 0.4) is 0 Å². The lowest BCUT2D eigenvalue weighted by atomic mass is 10.0. The van der Waals surface area contributed by atoms with Crippen molar-refractivity contribution in [1.29, 1.82) is 5.26 Å². The zero-order valence-corrected chi connectivity index (χ0v) is 20.5. The van der Waals surface area contributed by atoms with E-state index in [0.717, 1.165) is 17.7 Å². The zero-order chi connectivity index (χ0) is 25.9. The highest BCUT2D eigenvalue weighted by molar-refractivity contribution is 5.94. The number of alkyl carbamates (subject to hydrolysis) is 1. The van der Waals surface area contributed by atoms with E-state index in [9.17, 15) is 24.4 Å². The fourth-order valence-corrected chi connectivity index (χ4v) is 3.36. The number of hydrogen-bond acceptors (Lipinski definition) is 6. The summed E-state index contributed by atoms with van der Waals surface area (Å²) in [4.78, 5) is 51.8. The molecule has 3 atom stereocenters. The molecule has 4 amide bonds. The predicted molar refractivity (Wildman–Crippen MR) is 126 cm³/mol. The lowest BCUT2D eigenvalue weighted by Crippen LogP contribution is -2.54. The third-order valence-electron chi connectivity index (χ3n) is 4.70. The van der Waals surface area contributed by atoms with E-state index in [-0.39, 0.29) is 6.04 Å². The second-order valence-electron chi connectivity index (χ2n) is 9.01. The lowest BCUT2D eigenvalue weighted by Gasteiger charge is -2.33. The van der Waals surface area contributed by atoms with E-state index in [1.807, 2.05) is 19.9 Å². The first-order valence-corrected chi connectivity index (χ1v) is 11.2. The summed E-state index contributed by atoms with van der Waals surface area (Å²) in [5, 5.41) is 14.7. The van der Waals surface area contributed by atoms with Gasteiger partial charge < -0.3 is 26.0 Å². The maximum atomic E-state index is 13.5. The van der Waals surface area contributed by atoms with Crippen molar-refractivity contribution in [3.05, 3.63) is 35.9 Å². The number of rotatable bonds is 11. The summed E-state index contributed by atoms with van der Waals surface area (Å²) in [7, 11) is 0. The number of ether oxygens (including phenoxy) is 1. The molecule has 0 radical (unpaired) electrons. The second-order valence-corrected chi connectivity index (χ2v) is 9.01. The molecule has 0 bridgehead atoms. The normalized spacial score (nSPS) is 13.5. The fourth-order valence-electron chi connectivity index (χ4n) is 3.36. The molecule has 1 aromatic carbocycles. The monoisotopic (exact) mass is 473 g/mol. The maximum absolute atomic E-state index is 13.5. The zero-order valence-electron chi connectivity index (χ0n) is 20.5. The number of nitrogens with two attached hydrogens (primary N) is 1. The van der Waals surface area contributed by atoms with Crippen LogP contribution in [0.1, 0.15) is 65.5 Å². The first kappa shape index (κ1) is 28.4. The highest BCUT2D eigenvalue weighted by atomic mass is 16.6. The average Bonchev–Trinajstić information content (AvgIpc) is 2.71. The number of benzene rings is 1. The molecule has 1 rings (SSSR count). The maximum Gasteiger partial charge on any atom is 0.408 e. The minimum atomic E-state index is -1.42. The van der Waals surface area contributed by atoms with Gasteiger partial charge in [-0.2, -0.15) is 5.26 Å². The van der Waals surface area contributed by atoms with E-state index in [4.69, 9.17) is 10.5 Å². The van der Waals surface area contributed by atoms with Crippen LogP contribution in [-0.4, -0.2) is 52.9 Å². The summed E-state index contributed by atoms with van der Waals surface area (Å²) in [6.07, 6.45) is 0.110. The standard InChI is InChI=1S/C24H35N5O5/c1-6-10-16(2)27-21(31)20(17-11-8-7-9-12-17)29(14-13-25)22(32)18(15-19(26)30)28-23(33)34-24(3,4)5/h7-9,11-12,16,18,20H,6,10,14-15H2,1-5H3,(H2,26,30)(H,27,31)(H,28,33). The van der Waals surface area contributed by atoms with Crippen LogP contribution in [0.4, 0.5) is 4.79 Å². The number of hydrogen-bond donors (Lipinski definition) is 3. The van der Waals surface area contributed by atoms with E-state index in [1.54, 1.807) is 51.1 Å². The van der Waals surface area contributed by atoms with Crippen LogP contribution in [0.5, 0.6) is 0 Å². The summed E-state index contributed by atoms with van der Waals surface area (Å²) in [6.45, 7) is 8.31. The second kappa shape index (κ2) is 13.2. The average molecular weight is 474 g/mol. The van der Waals surface area contributed by atoms with E-state index < -0.39 is 54.5 Å². The van der Waals surface area contributed by atoms with Gasteiger partial charge in [0.2, 0.25) is 17.7 Å². The van der Waals surface area contributed by atoms with Gasteiger partial charge in [0.05, 0.1) is 12.5 Å². The molecule has 34 heavy (non-hydrogen) atoms. The molecule has 0 aliphatic heterocycles. The quantitative estimate of drug-likeness (QED) is 0.418. The van der Waals surface area contributed by atoms with Crippen molar-refractivity contribution in [1.82, 2.24) is 15.5 Å². The molecule has 0 aromatic heterocycles. The largest absolute Gasteiger partial charge is 0.444 e. The van der Waals surface area contributed by atoms with Crippen molar-refractivity contribution >= 4 is 23.8 Å². The van der Waals surface area contributed by atoms with Gasteiger partial charge in [-0.05, 0) is 39.7 Å². The van der Waals surface area contributed by atoms with E-state index in [0.29, 0.717) is 5.56 Å². The molecule has 0 fully saturated rings. The van der Waals surface area contributed by atoms with Crippen LogP contribution >= 0.6 is 0 Å². The van der Waals surface area contributed by atoms with Crippen molar-refractivity contribution in [2.24, 2.45) is 5.73 Å². The Balaban J connectivity index is 3.37. The number of nitrogens with one attached hydrogen (secondary N) is 2. The van der Waals surface area contributed by atoms with Crippen molar-refractivity contribution in [3.8, 4) is 6.07 Å². The summed E-state index contributed by atoms with van der Waals surface area (Å²) >= 11 is 0. The molecule has 0 aliphatic carbocycles. The third kappa shape index (κ3) is 9.48. The Hall–Kier alpha value is -3.61. The molecule has 0 heterocycles. The highest BCUT2D eigenvalue weighted by Crippen LogP contribution is 2.23. The molecular weight excluding hydrogens is 438 g/mol. The van der Waals surface area contributed by atoms with Crippen molar-refractivity contribution < 1.29 is 23.9 Å². The predicted octanol–water partition coefficient (Wildman–Crippen LogP) is 2.15. The van der Waals surface area contributed by atoms with Crippen molar-refractivity contribution in [3.63, 3.8) is 0 Å². The van der Waals surface area contributed by atoms with Gasteiger partial charge >= 0.3 is 6.09 Å². The van der Waals surface area contributed by atoms with Crippen molar-refractivity contribution in [2.75, 3.05) is 6.54 Å². The Labute approximate surface area is 200 Å². The van der Waals surface area contributed by atoms with Gasteiger partial charge in [0.25, 0.3) is 0 Å². The van der Waals surface area contributed by atoms with Crippen LogP contribution in [-0.2, 0) is 19.1 Å². The molecular formula is C24H35N5O5. The van der Waals surface area contributed by atoms with Crippen LogP contribution in [0, 0.1) is 11.3 Å². The molecule has 186 valence electrons. The Morgan fingerprint density at radius 3 is 2.26 bits per heavy atom. The SMILES string of the molecule is CCCC(C)NC(=O)C(c1ccccc1)N(CC#N)C(=O)C(CC(N)=O)NC(=O)OC(C)(C)C. The lowest BCUT2D eigenvalue weighted by molar-refractivity contribution is -0.142. The summed E-state index contributed by atoms with van der Waals surface area (Å²) in [5.74, 6) is -2.13. The first-order valence-electron chi connectivity index (χ1n) is 11.2. The first-order chi connectivity index (χ1) is 15.9. The van der Waals surface area contributed by atoms with Gasteiger partial charge in [0.15, 0.2) is 0 Å². The summed E-state index contributed by atoms with van der Waals surface area (Å²) in [6, 6.07) is 7.65. The number of primary amides is 1. The Kier molecular flexibility index (Phi) is 11.0. The van der Waals surface area contributed by atoms with Crippen LogP contribution in [0.2, 0.25) is 0 Å². The molecule has 3 unspecified atom stereocenters. The van der Waals surface area contributed by atoms with Gasteiger partial charge in [0.1, 0.15) is 24.2 Å². The van der Waals surface area contributed by atoms with Crippen LogP contribution in [0.25, 0.3) is 0 Å². The van der Waals surface area contributed by atoms with Crippen molar-refractivity contribution in [2.45, 2.75) is 77.6 Å². The minimum Gasteiger partial charge on any atom is -0.444 e. The molecule has 1 aromatic rings. The van der Waals surface area contributed by atoms with Gasteiger partial charge in [-0.15, -0.1) is 0 Å². The Bertz CT molecular complexity index is 891. The number of amides is 4. The summed E-state index contributed by atoms with van der Waals surface area (Å²) in [5.41, 5.74) is 4.93. The molecule has 0 spiro atoms. The molecule has 4 N–H and O–H groups in total. The number of nitriles is 1. The topological polar surface area (TPSA) is 155 Å². The summed E-state index contributed by atoms with van der Waals surface area (Å²) < 4.78 is 5.19.